The van der Waals surface area contributed by atoms with Gasteiger partial charge in [-0.3, -0.25) is 14.4 Å². The fourth-order valence-corrected chi connectivity index (χ4v) is 3.71. The first-order chi connectivity index (χ1) is 10.5. The molecule has 1 N–H and O–H groups in total. The van der Waals surface area contributed by atoms with Crippen LogP contribution in [0.2, 0.25) is 0 Å². The van der Waals surface area contributed by atoms with Crippen molar-refractivity contribution in [3.05, 3.63) is 29.8 Å². The van der Waals surface area contributed by atoms with E-state index in [-0.39, 0.29) is 35.3 Å². The van der Waals surface area contributed by atoms with Gasteiger partial charge in [-0.15, -0.1) is 0 Å². The molecule has 6 heteroatoms. The van der Waals surface area contributed by atoms with Gasteiger partial charge in [0.25, 0.3) is 0 Å². The van der Waals surface area contributed by atoms with E-state index in [0.717, 1.165) is 17.0 Å². The van der Waals surface area contributed by atoms with Crippen LogP contribution in [0.1, 0.15) is 18.4 Å². The van der Waals surface area contributed by atoms with Gasteiger partial charge in [-0.1, -0.05) is 29.5 Å². The van der Waals surface area contributed by atoms with E-state index in [2.05, 4.69) is 5.32 Å². The minimum absolute atomic E-state index is 0.0214. The lowest BCUT2D eigenvalue weighted by Crippen LogP contribution is -2.41. The van der Waals surface area contributed by atoms with Gasteiger partial charge in [0, 0.05) is 24.4 Å². The van der Waals surface area contributed by atoms with Gasteiger partial charge < -0.3 is 10.2 Å². The van der Waals surface area contributed by atoms with Gasteiger partial charge >= 0.3 is 0 Å². The van der Waals surface area contributed by atoms with Crippen LogP contribution >= 0.6 is 11.8 Å². The lowest BCUT2D eigenvalue weighted by molar-refractivity contribution is -0.128. The molecule has 1 aromatic rings. The molecule has 0 spiro atoms. The summed E-state index contributed by atoms with van der Waals surface area (Å²) in [6, 6.07) is 7.30. The molecule has 0 radical (unpaired) electrons. The maximum absolute atomic E-state index is 12.3. The fourth-order valence-electron chi connectivity index (χ4n) is 2.77. The van der Waals surface area contributed by atoms with Crippen molar-refractivity contribution < 1.29 is 14.4 Å². The molecular weight excluding hydrogens is 300 g/mol. The number of thioether (sulfide) groups is 1. The highest BCUT2D eigenvalue weighted by atomic mass is 32.2. The molecule has 2 aliphatic heterocycles. The first kappa shape index (κ1) is 15.1. The summed E-state index contributed by atoms with van der Waals surface area (Å²) in [6.45, 7) is 2.37. The second-order valence-corrected chi connectivity index (χ2v) is 6.86. The van der Waals surface area contributed by atoms with Crippen LogP contribution in [-0.4, -0.2) is 35.3 Å². The quantitative estimate of drug-likeness (QED) is 0.917. The number of amides is 2. The summed E-state index contributed by atoms with van der Waals surface area (Å²) in [7, 11) is 0. The SMILES string of the molecule is Cc1ccc(N2C[C@@H](C(=O)N[C@H]3CCSC3=O)CC2=O)cc1. The van der Waals surface area contributed by atoms with Crippen LogP contribution in [-0.2, 0) is 14.4 Å². The molecule has 0 unspecified atom stereocenters. The van der Waals surface area contributed by atoms with E-state index in [1.54, 1.807) is 4.90 Å². The first-order valence-corrected chi connectivity index (χ1v) is 8.37. The third-order valence-corrected chi connectivity index (χ3v) is 5.10. The van der Waals surface area contributed by atoms with Crippen LogP contribution in [0.4, 0.5) is 5.69 Å². The molecule has 1 aromatic carbocycles. The number of aryl methyl sites for hydroxylation is 1. The van der Waals surface area contributed by atoms with E-state index in [1.165, 1.54) is 11.8 Å². The number of nitrogens with zero attached hydrogens (tertiary/aromatic N) is 1. The summed E-state index contributed by atoms with van der Waals surface area (Å²) >= 11 is 1.26. The monoisotopic (exact) mass is 318 g/mol. The molecule has 0 saturated carbocycles. The fraction of sp³-hybridized carbons (Fsp3) is 0.438. The van der Waals surface area contributed by atoms with Crippen molar-refractivity contribution in [2.45, 2.75) is 25.8 Å². The van der Waals surface area contributed by atoms with Crippen LogP contribution in [0.15, 0.2) is 24.3 Å². The number of hydrogen-bond donors (Lipinski definition) is 1. The number of hydrogen-bond acceptors (Lipinski definition) is 4. The minimum atomic E-state index is -0.388. The zero-order chi connectivity index (χ0) is 15.7. The van der Waals surface area contributed by atoms with Crippen molar-refractivity contribution in [3.8, 4) is 0 Å². The van der Waals surface area contributed by atoms with Gasteiger partial charge in [0.2, 0.25) is 16.9 Å². The smallest absolute Gasteiger partial charge is 0.227 e. The normalized spacial score (nSPS) is 24.9. The Balaban J connectivity index is 1.65. The predicted octanol–water partition coefficient (Wildman–Crippen LogP) is 1.50. The maximum Gasteiger partial charge on any atom is 0.227 e. The van der Waals surface area contributed by atoms with Crippen LogP contribution in [0, 0.1) is 12.8 Å². The molecule has 0 aromatic heterocycles. The van der Waals surface area contributed by atoms with Crippen molar-refractivity contribution in [2.75, 3.05) is 17.2 Å². The number of carbonyl (C=O) groups excluding carboxylic acids is 3. The van der Waals surface area contributed by atoms with Crippen LogP contribution in [0.3, 0.4) is 0 Å². The number of carbonyl (C=O) groups is 3. The van der Waals surface area contributed by atoms with Gasteiger partial charge in [-0.05, 0) is 25.5 Å². The summed E-state index contributed by atoms with van der Waals surface area (Å²) in [4.78, 5) is 37.6. The summed E-state index contributed by atoms with van der Waals surface area (Å²) in [5.41, 5.74) is 1.94. The van der Waals surface area contributed by atoms with Gasteiger partial charge in [0.05, 0.1) is 12.0 Å². The van der Waals surface area contributed by atoms with E-state index in [1.807, 2.05) is 31.2 Å². The molecule has 5 nitrogen and oxygen atoms in total. The van der Waals surface area contributed by atoms with Crippen molar-refractivity contribution in [2.24, 2.45) is 5.92 Å². The third kappa shape index (κ3) is 3.02. The summed E-state index contributed by atoms with van der Waals surface area (Å²) in [5.74, 6) is 0.134. The van der Waals surface area contributed by atoms with Gasteiger partial charge in [0.1, 0.15) is 0 Å². The Morgan fingerprint density at radius 1 is 1.27 bits per heavy atom. The Labute approximate surface area is 133 Å². The molecular formula is C16H18N2O3S. The topological polar surface area (TPSA) is 66.5 Å². The Hall–Kier alpha value is -1.82. The molecule has 2 fully saturated rings. The van der Waals surface area contributed by atoms with E-state index >= 15 is 0 Å². The Kier molecular flexibility index (Phi) is 4.20. The Morgan fingerprint density at radius 3 is 2.64 bits per heavy atom. The molecule has 2 saturated heterocycles. The zero-order valence-electron chi connectivity index (χ0n) is 12.4. The molecule has 2 amide bonds. The predicted molar refractivity (Wildman–Crippen MR) is 85.7 cm³/mol. The second-order valence-electron chi connectivity index (χ2n) is 5.76. The van der Waals surface area contributed by atoms with Gasteiger partial charge in [0.15, 0.2) is 0 Å². The average molecular weight is 318 g/mol. The minimum Gasteiger partial charge on any atom is -0.345 e. The number of rotatable bonds is 3. The van der Waals surface area contributed by atoms with Crippen LogP contribution in [0.25, 0.3) is 0 Å². The molecule has 116 valence electrons. The highest BCUT2D eigenvalue weighted by Crippen LogP contribution is 2.26. The highest BCUT2D eigenvalue weighted by Gasteiger charge is 2.37. The molecule has 3 rings (SSSR count). The van der Waals surface area contributed by atoms with Gasteiger partial charge in [-0.2, -0.15) is 0 Å². The van der Waals surface area contributed by atoms with Crippen molar-refractivity contribution in [1.29, 1.82) is 0 Å². The summed E-state index contributed by atoms with van der Waals surface area (Å²) in [6.07, 6.45) is 0.880. The van der Waals surface area contributed by atoms with Crippen molar-refractivity contribution in [3.63, 3.8) is 0 Å². The maximum atomic E-state index is 12.3. The molecule has 2 atom stereocenters. The zero-order valence-corrected chi connectivity index (χ0v) is 13.2. The number of nitrogens with one attached hydrogen (secondary N) is 1. The molecule has 0 bridgehead atoms. The standard InChI is InChI=1S/C16H18N2O3S/c1-10-2-4-12(5-3-10)18-9-11(8-14(18)19)15(20)17-13-6-7-22-16(13)21/h2-5,11,13H,6-9H2,1H3,(H,17,20)/t11-,13-/m0/s1. The Morgan fingerprint density at radius 2 is 2.00 bits per heavy atom. The third-order valence-electron chi connectivity index (χ3n) is 4.09. The molecule has 22 heavy (non-hydrogen) atoms. The van der Waals surface area contributed by atoms with Crippen molar-refractivity contribution >= 4 is 34.4 Å². The first-order valence-electron chi connectivity index (χ1n) is 7.38. The average Bonchev–Trinajstić information content (AvgIpc) is 3.07. The largest absolute Gasteiger partial charge is 0.345 e. The molecule has 0 aliphatic carbocycles. The van der Waals surface area contributed by atoms with E-state index < -0.39 is 0 Å². The van der Waals surface area contributed by atoms with Crippen LogP contribution < -0.4 is 10.2 Å². The number of benzene rings is 1. The van der Waals surface area contributed by atoms with E-state index in [0.29, 0.717) is 13.0 Å². The van der Waals surface area contributed by atoms with Gasteiger partial charge in [-0.25, -0.2) is 0 Å². The lowest BCUT2D eigenvalue weighted by atomic mass is 10.1. The lowest BCUT2D eigenvalue weighted by Gasteiger charge is -2.17. The molecule has 2 heterocycles. The van der Waals surface area contributed by atoms with Crippen LogP contribution in [0.5, 0.6) is 0 Å². The van der Waals surface area contributed by atoms with Crippen molar-refractivity contribution in [1.82, 2.24) is 5.32 Å². The molecule has 2 aliphatic rings. The second kappa shape index (κ2) is 6.12. The highest BCUT2D eigenvalue weighted by molar-refractivity contribution is 8.14. The van der Waals surface area contributed by atoms with E-state index in [9.17, 15) is 14.4 Å². The summed E-state index contributed by atoms with van der Waals surface area (Å²) < 4.78 is 0. The number of anilines is 1. The Bertz CT molecular complexity index is 614. The van der Waals surface area contributed by atoms with E-state index in [4.69, 9.17) is 0 Å². The summed E-state index contributed by atoms with van der Waals surface area (Å²) in [5, 5.41) is 2.81.